The van der Waals surface area contributed by atoms with E-state index in [1.807, 2.05) is 13.8 Å². The maximum Gasteiger partial charge on any atom is 0.214 e. The van der Waals surface area contributed by atoms with Gasteiger partial charge < -0.3 is 0 Å². The molecule has 2 bridgehead atoms. The number of sulfonamides is 1. The summed E-state index contributed by atoms with van der Waals surface area (Å²) in [7, 11) is -6.29. The van der Waals surface area contributed by atoms with Gasteiger partial charge in [0.25, 0.3) is 0 Å². The minimum absolute atomic E-state index is 0.00892. The van der Waals surface area contributed by atoms with Gasteiger partial charge in [0, 0.05) is 12.6 Å². The van der Waals surface area contributed by atoms with E-state index in [0.29, 0.717) is 6.42 Å². The fraction of sp³-hybridized carbons (Fsp3) is 1.00. The van der Waals surface area contributed by atoms with Gasteiger partial charge in [0.05, 0.1) is 16.8 Å². The monoisotopic (exact) mass is 267 g/mol. The van der Waals surface area contributed by atoms with Crippen LogP contribution in [0.5, 0.6) is 0 Å². The van der Waals surface area contributed by atoms with Crippen molar-refractivity contribution in [2.75, 3.05) is 18.1 Å². The summed E-state index contributed by atoms with van der Waals surface area (Å²) in [5.41, 5.74) is 0. The summed E-state index contributed by atoms with van der Waals surface area (Å²) < 4.78 is 48.3. The van der Waals surface area contributed by atoms with Crippen LogP contribution in [0.2, 0.25) is 0 Å². The number of hydrogen-bond acceptors (Lipinski definition) is 4. The van der Waals surface area contributed by atoms with Crippen molar-refractivity contribution in [2.24, 2.45) is 5.92 Å². The van der Waals surface area contributed by atoms with E-state index in [0.717, 1.165) is 0 Å². The van der Waals surface area contributed by atoms with Gasteiger partial charge in [-0.2, -0.15) is 4.31 Å². The van der Waals surface area contributed by atoms with E-state index in [4.69, 9.17) is 0 Å². The lowest BCUT2D eigenvalue weighted by Gasteiger charge is -2.26. The summed E-state index contributed by atoms with van der Waals surface area (Å²) >= 11 is 0. The van der Waals surface area contributed by atoms with Crippen LogP contribution < -0.4 is 0 Å². The fourth-order valence-electron chi connectivity index (χ4n) is 2.52. The minimum atomic E-state index is -3.27. The maximum atomic E-state index is 12.0. The van der Waals surface area contributed by atoms with E-state index >= 15 is 0 Å². The molecule has 0 N–H and O–H groups in total. The molecule has 2 aliphatic heterocycles. The molecule has 2 atom stereocenters. The number of sulfone groups is 1. The van der Waals surface area contributed by atoms with Crippen LogP contribution in [0, 0.1) is 5.92 Å². The van der Waals surface area contributed by atoms with Crippen LogP contribution in [0.1, 0.15) is 20.3 Å². The average Bonchev–Trinajstić information content (AvgIpc) is 2.55. The van der Waals surface area contributed by atoms with Crippen molar-refractivity contribution in [2.45, 2.75) is 31.6 Å². The second-order valence-electron chi connectivity index (χ2n) is 5.08. The van der Waals surface area contributed by atoms with Crippen LogP contribution in [0.15, 0.2) is 0 Å². The molecule has 94 valence electrons. The Morgan fingerprint density at radius 2 is 2.00 bits per heavy atom. The predicted molar refractivity (Wildman–Crippen MR) is 61.3 cm³/mol. The first-order chi connectivity index (χ1) is 7.22. The molecule has 2 fully saturated rings. The van der Waals surface area contributed by atoms with Crippen LogP contribution in [0.25, 0.3) is 0 Å². The molecule has 2 heterocycles. The Bertz CT molecular complexity index is 480. The lowest BCUT2D eigenvalue weighted by atomic mass is 10.3. The number of rotatable bonds is 3. The lowest BCUT2D eigenvalue weighted by Crippen LogP contribution is -2.45. The molecule has 2 aliphatic rings. The normalized spacial score (nSPS) is 33.7. The van der Waals surface area contributed by atoms with Gasteiger partial charge in [-0.3, -0.25) is 0 Å². The summed E-state index contributed by atoms with van der Waals surface area (Å²) in [6.45, 7) is 3.87. The first-order valence-corrected chi connectivity index (χ1v) is 8.76. The van der Waals surface area contributed by atoms with Crippen molar-refractivity contribution in [1.29, 1.82) is 0 Å². The zero-order valence-electron chi connectivity index (χ0n) is 9.46. The molecule has 5 nitrogen and oxygen atoms in total. The standard InChI is InChI=1S/C9H17NO4S2/c1-7(2)5-16(13,14)10-4-9-3-8(10)6-15(9,11)12/h7-9H,3-6H2,1-2H3. The molecule has 0 amide bonds. The highest BCUT2D eigenvalue weighted by Crippen LogP contribution is 2.35. The summed E-state index contributed by atoms with van der Waals surface area (Å²) in [6.07, 6.45) is 0.486. The van der Waals surface area contributed by atoms with Crippen molar-refractivity contribution in [1.82, 2.24) is 4.31 Å². The van der Waals surface area contributed by atoms with E-state index in [2.05, 4.69) is 0 Å². The highest BCUT2D eigenvalue weighted by molar-refractivity contribution is 7.93. The average molecular weight is 267 g/mol. The molecule has 0 radical (unpaired) electrons. The molecule has 0 aliphatic carbocycles. The minimum Gasteiger partial charge on any atom is -0.228 e. The van der Waals surface area contributed by atoms with Gasteiger partial charge in [-0.15, -0.1) is 0 Å². The van der Waals surface area contributed by atoms with Crippen LogP contribution in [0.4, 0.5) is 0 Å². The summed E-state index contributed by atoms with van der Waals surface area (Å²) in [5.74, 6) is 0.186. The Balaban J connectivity index is 2.17. The second-order valence-corrected chi connectivity index (χ2v) is 9.38. The van der Waals surface area contributed by atoms with Crippen LogP contribution in [0.3, 0.4) is 0 Å². The fourth-order valence-corrected chi connectivity index (χ4v) is 6.79. The summed E-state index contributed by atoms with van der Waals surface area (Å²) in [5, 5.41) is -0.459. The first-order valence-electron chi connectivity index (χ1n) is 5.43. The Morgan fingerprint density at radius 1 is 1.38 bits per heavy atom. The number of nitrogens with zero attached hydrogens (tertiary/aromatic N) is 1. The molecule has 16 heavy (non-hydrogen) atoms. The Hall–Kier alpha value is -0.140. The molecule has 0 saturated carbocycles. The summed E-state index contributed by atoms with van der Waals surface area (Å²) in [4.78, 5) is 0. The van der Waals surface area contributed by atoms with E-state index < -0.39 is 25.1 Å². The predicted octanol–water partition coefficient (Wildman–Crippen LogP) is -0.156. The van der Waals surface area contributed by atoms with Crippen LogP contribution in [-0.4, -0.2) is 50.5 Å². The topological polar surface area (TPSA) is 71.5 Å². The smallest absolute Gasteiger partial charge is 0.214 e. The molecular weight excluding hydrogens is 250 g/mol. The van der Waals surface area contributed by atoms with Gasteiger partial charge in [-0.25, -0.2) is 16.8 Å². The number of hydrogen-bond donors (Lipinski definition) is 0. The van der Waals surface area contributed by atoms with E-state index in [9.17, 15) is 16.8 Å². The molecule has 7 heteroatoms. The SMILES string of the molecule is CC(C)CS(=O)(=O)N1CC2CC1CS2(=O)=O. The van der Waals surface area contributed by atoms with E-state index in [-0.39, 0.29) is 30.0 Å². The largest absolute Gasteiger partial charge is 0.228 e. The van der Waals surface area contributed by atoms with Crippen molar-refractivity contribution in [3.8, 4) is 0 Å². The Labute approximate surface area is 96.8 Å². The lowest BCUT2D eigenvalue weighted by molar-refractivity contribution is 0.399. The van der Waals surface area contributed by atoms with Gasteiger partial charge in [-0.05, 0) is 12.3 Å². The molecule has 2 rings (SSSR count). The molecule has 2 saturated heterocycles. The van der Waals surface area contributed by atoms with Crippen molar-refractivity contribution in [3.63, 3.8) is 0 Å². The third-order valence-corrected chi connectivity index (χ3v) is 7.62. The zero-order valence-corrected chi connectivity index (χ0v) is 11.1. The van der Waals surface area contributed by atoms with E-state index in [1.165, 1.54) is 4.31 Å². The van der Waals surface area contributed by atoms with Crippen molar-refractivity contribution < 1.29 is 16.8 Å². The molecule has 2 unspecified atom stereocenters. The van der Waals surface area contributed by atoms with Gasteiger partial charge in [0.2, 0.25) is 10.0 Å². The van der Waals surface area contributed by atoms with Gasteiger partial charge in [0.15, 0.2) is 9.84 Å². The Kier molecular flexibility index (Phi) is 2.83. The van der Waals surface area contributed by atoms with Gasteiger partial charge in [0.1, 0.15) is 0 Å². The quantitative estimate of drug-likeness (QED) is 0.712. The zero-order chi connectivity index (χ0) is 12.1. The van der Waals surface area contributed by atoms with Crippen molar-refractivity contribution in [3.05, 3.63) is 0 Å². The summed E-state index contributed by atoms with van der Waals surface area (Å²) in [6, 6.07) is -0.307. The van der Waals surface area contributed by atoms with E-state index in [1.54, 1.807) is 0 Å². The highest BCUT2D eigenvalue weighted by Gasteiger charge is 2.52. The first kappa shape index (κ1) is 12.3. The third kappa shape index (κ3) is 2.00. The van der Waals surface area contributed by atoms with Crippen LogP contribution >= 0.6 is 0 Å². The highest BCUT2D eigenvalue weighted by atomic mass is 32.2. The Morgan fingerprint density at radius 3 is 2.38 bits per heavy atom. The molecule has 0 aromatic rings. The third-order valence-electron chi connectivity index (χ3n) is 3.16. The van der Waals surface area contributed by atoms with Gasteiger partial charge in [-0.1, -0.05) is 13.8 Å². The van der Waals surface area contributed by atoms with Crippen molar-refractivity contribution >= 4 is 19.9 Å². The van der Waals surface area contributed by atoms with Gasteiger partial charge >= 0.3 is 0 Å². The molecular formula is C9H17NO4S2. The second kappa shape index (κ2) is 3.68. The number of fused-ring (bicyclic) bond motifs is 2. The van der Waals surface area contributed by atoms with Crippen LogP contribution in [-0.2, 0) is 19.9 Å². The molecule has 0 aromatic carbocycles. The maximum absolute atomic E-state index is 12.0. The molecule has 0 aromatic heterocycles. The molecule has 0 spiro atoms.